The van der Waals surface area contributed by atoms with Gasteiger partial charge in [-0.3, -0.25) is 9.98 Å². The van der Waals surface area contributed by atoms with Crippen LogP contribution < -0.4 is 0 Å². The minimum atomic E-state index is -0.113. The van der Waals surface area contributed by atoms with Gasteiger partial charge in [0.05, 0.1) is 0 Å². The number of hydrogen-bond acceptors (Lipinski definition) is 3. The summed E-state index contributed by atoms with van der Waals surface area (Å²) in [5, 5.41) is 91.4. The molecule has 0 saturated carbocycles. The molecule has 5 aliphatic heterocycles. The molecule has 31 heteroatoms. The van der Waals surface area contributed by atoms with Crippen molar-refractivity contribution in [1.29, 1.82) is 0 Å². The first-order valence-electron chi connectivity index (χ1n) is 44.9. The Bertz CT molecular complexity index is 3410. The molecule has 5 aromatic carbocycles. The molecule has 1 amide bonds. The Labute approximate surface area is 867 Å². The van der Waals surface area contributed by atoms with Crippen LogP contribution in [0.4, 0.5) is 22.7 Å². The zero-order valence-corrected chi connectivity index (χ0v) is 88.5. The van der Waals surface area contributed by atoms with Crippen molar-refractivity contribution in [3.05, 3.63) is 274 Å². The summed E-state index contributed by atoms with van der Waals surface area (Å²) in [6, 6.07) is 46.6. The van der Waals surface area contributed by atoms with Gasteiger partial charge in [-0.15, -0.1) is 92.1 Å². The van der Waals surface area contributed by atoms with Crippen LogP contribution in [-0.2, 0) is 118 Å². The Balaban J connectivity index is -0.0000000616. The van der Waals surface area contributed by atoms with Crippen molar-refractivity contribution in [3.63, 3.8) is 0 Å². The van der Waals surface area contributed by atoms with Crippen LogP contribution in [0.15, 0.2) is 150 Å². The fourth-order valence-corrected chi connectivity index (χ4v) is 14.4. The first kappa shape index (κ1) is 126. The third-order valence-corrected chi connectivity index (χ3v) is 20.2. The Morgan fingerprint density at radius 3 is 1.16 bits per heavy atom. The van der Waals surface area contributed by atoms with Crippen LogP contribution in [-0.4, -0.2) is 254 Å². The van der Waals surface area contributed by atoms with E-state index in [0.29, 0.717) is 75.1 Å². The first-order chi connectivity index (χ1) is 58.5. The first-order valence-corrected chi connectivity index (χ1v) is 44.9. The van der Waals surface area contributed by atoms with E-state index in [9.17, 15) is 4.79 Å². The number of rotatable bonds is 10. The molecule has 127 heavy (non-hydrogen) atoms. The summed E-state index contributed by atoms with van der Waals surface area (Å²) in [6.07, 6.45) is 10.1. The molecule has 767 valence electrons. The van der Waals surface area contributed by atoms with Crippen LogP contribution in [0.1, 0.15) is 205 Å². The standard InChI is InChI=1S/C17H26N4.C16H23N4O.C16H24N4.C16H32N4.C16H30N4.C15H16N4.3Cu.Ni.2Zn.20H2/c1-2-5-16(6-3-1)13-17-14-20-11-9-18-7-4-8-19-10-12-21-15-17;21-16-13-15(14-5-2-1-3-6-14)19-11-9-17-7-4-8-18-10-12-20-16;1-2-5-15(6-3-1)16-7-10-19-12-11-17-8-4-9-18-13-14-20-16;2*1-13-11-15(3,4)19-10-8-18-14(2)12-16(5,6)20-9-7-17-13;16-12-6-1-3-8-14(12)18-10-5-11-19-15-9-4-2-7-13(15)17;;;;;;;;;;;;;;;;;;;;;;;;;;/h1-3,5-6,17H,4,7-15H2;1-3,5-6,15H,4,7-13H2,(H,20,21);1-3,5-6,16H,4,7-14H2;13-14H,7-12H2,1-6H3;7-12H2,1-6H3;1-4,6-9,16-17H,5,10-11H2;;;;;;;20*1H/q-4;-3;2*-4;-2;-4;;;+2;;;;;;;;;;;;;;;;;;;;;;;/p-1. The fourth-order valence-electron chi connectivity index (χ4n) is 14.4. The molecule has 4 atom stereocenters. The van der Waals surface area contributed by atoms with Crippen LogP contribution in [0, 0.1) is 5.92 Å². The normalized spacial score (nSPS) is 21.7. The summed E-state index contributed by atoms with van der Waals surface area (Å²) >= 11 is 0. The molecule has 4 unspecified atom stereocenters. The number of para-hydroxylation sites is 2. The van der Waals surface area contributed by atoms with E-state index in [4.69, 9.17) is 48.7 Å². The predicted octanol–water partition coefficient (Wildman–Crippen LogP) is 31.0. The summed E-state index contributed by atoms with van der Waals surface area (Å²) in [7, 11) is 0. The average Bonchev–Trinajstić information content (AvgIpc) is 0.880. The van der Waals surface area contributed by atoms with Crippen LogP contribution in [0.25, 0.3) is 118 Å². The molecule has 4 fully saturated rings. The summed E-state index contributed by atoms with van der Waals surface area (Å²) in [5.41, 5.74) is 23.7. The van der Waals surface area contributed by atoms with Gasteiger partial charge in [0.25, 0.3) is 0 Å². The SMILES string of the molecule is CC1=NCC[N-]C(C)(C)CC(C)=NCC[N-]C(C)(C)C1.CC1CC(C)(C)[N-]CC[N-]C(C)CC(C)(C)[N-]CC[N-]1.O=C1CC(c2ccccc2)[N-]CC[N-]CCC[N-]CC[N-]1.[Cu+2].[Cu].[Cu].[HH].[HH].[HH].[HH].[HH].[HH].[HH].[HH].[HH].[HH].[HH].[HH].[HH].[HH].[HH].[HH].[HH].[HH].[HH].[HH].[NH-]c1ccccc1[N-]CCC[N-]c1ccccc1[NH-].[Ni].[Zn].[Zn].c1ccc(C2CC[N-]CC[N-]CCC[N-]CC[N-]2)cc1.c1ccc(CC2C[N-]CC[N-]CCC[N-]CC[N-]C2)cc1. The Morgan fingerprint density at radius 2 is 0.740 bits per heavy atom. The molecule has 5 aliphatic rings. The molecule has 5 heterocycles. The summed E-state index contributed by atoms with van der Waals surface area (Å²) in [5.74, 6) is 0.423. The van der Waals surface area contributed by atoms with E-state index in [0.717, 1.165) is 245 Å². The molecule has 2 N–H and O–H groups in total. The van der Waals surface area contributed by atoms with Crippen molar-refractivity contribution in [2.75, 3.05) is 203 Å². The van der Waals surface area contributed by atoms with Gasteiger partial charge in [0.2, 0.25) is 0 Å². The topological polar surface area (TPSA) is 371 Å². The number of nitrogens with zero attached hydrogens (tertiary/aromatic N) is 22. The molecule has 4 saturated heterocycles. The van der Waals surface area contributed by atoms with Crippen molar-refractivity contribution >= 4 is 40.1 Å². The number of benzene rings is 5. The van der Waals surface area contributed by atoms with Gasteiger partial charge in [-0.25, -0.2) is 0 Å². The second kappa shape index (κ2) is 78.0. The van der Waals surface area contributed by atoms with Crippen LogP contribution in [0.5, 0.6) is 0 Å². The molecule has 5 aromatic rings. The second-order valence-corrected chi connectivity index (χ2v) is 33.9. The van der Waals surface area contributed by atoms with Crippen molar-refractivity contribution in [1.82, 2.24) is 0 Å². The summed E-state index contributed by atoms with van der Waals surface area (Å²) in [4.78, 5) is 21.2. The second-order valence-electron chi connectivity index (χ2n) is 33.9. The largest absolute Gasteiger partial charge is 2.00 e. The third-order valence-electron chi connectivity index (χ3n) is 20.2. The zero-order valence-electron chi connectivity index (χ0n) is 78.7. The molecule has 10 rings (SSSR count). The van der Waals surface area contributed by atoms with Crippen molar-refractivity contribution < 1.29 is 140 Å². The van der Waals surface area contributed by atoms with E-state index in [1.165, 1.54) is 22.6 Å². The third kappa shape index (κ3) is 65.9. The maximum absolute atomic E-state index is 11.9. The monoisotopic (exact) mass is 2070 g/mol. The number of hydrogen-bond donors (Lipinski definition) is 0. The van der Waals surface area contributed by atoms with Crippen molar-refractivity contribution in [3.8, 4) is 0 Å². The molecule has 25 nitrogen and oxygen atoms in total. The van der Waals surface area contributed by atoms with Gasteiger partial charge in [-0.2, -0.15) is 167 Å². The van der Waals surface area contributed by atoms with Crippen molar-refractivity contribution in [2.24, 2.45) is 15.9 Å². The van der Waals surface area contributed by atoms with Gasteiger partial charge >= 0.3 is 17.1 Å². The molecule has 0 aromatic heterocycles. The van der Waals surface area contributed by atoms with Gasteiger partial charge in [-0.05, 0) is 45.1 Å². The van der Waals surface area contributed by atoms with Gasteiger partial charge in [0.15, 0.2) is 0 Å². The number of carbonyl (C=O) groups is 1. The molecule has 0 spiro atoms. The Morgan fingerprint density at radius 1 is 0.402 bits per heavy atom. The quantitative estimate of drug-likeness (QED) is 0.0955. The maximum Gasteiger partial charge on any atom is 2.00 e. The maximum atomic E-state index is 11.9. The van der Waals surface area contributed by atoms with E-state index in [1.807, 2.05) is 72.8 Å². The zero-order chi connectivity index (χ0) is 87.2. The minimum Gasteiger partial charge on any atom is -0.700 e. The molecule has 0 bridgehead atoms. The summed E-state index contributed by atoms with van der Waals surface area (Å²) < 4.78 is 0. The number of nitrogens with one attached hydrogen (secondary N) is 2. The number of aliphatic imine (C=N–C) groups is 2. The predicted molar refractivity (Wildman–Crippen MR) is 565 cm³/mol. The minimum absolute atomic E-state index is 0. The van der Waals surface area contributed by atoms with E-state index in [1.54, 1.807) is 12.1 Å². The smallest absolute Gasteiger partial charge is 0.700 e. The Hall–Kier alpha value is -3.27. The Kier molecular flexibility index (Phi) is 77.2. The van der Waals surface area contributed by atoms with E-state index < -0.39 is 0 Å². The molecular formula is C96H190Cu3N24NiOZn2-20. The molecular weight excluding hydrogens is 1890 g/mol. The average molecular weight is 2080 g/mol. The summed E-state index contributed by atoms with van der Waals surface area (Å²) in [6.45, 7) is 51.0. The molecule has 0 aliphatic carbocycles. The van der Waals surface area contributed by atoms with Crippen LogP contribution in [0.2, 0.25) is 0 Å². The van der Waals surface area contributed by atoms with Gasteiger partial charge in [-0.1, -0.05) is 271 Å². The van der Waals surface area contributed by atoms with Gasteiger partial charge in [0, 0.05) is 149 Å². The fraction of sp³-hybridized carbons (Fsp3) is 0.656. The van der Waals surface area contributed by atoms with Crippen LogP contribution >= 0.6 is 0 Å². The van der Waals surface area contributed by atoms with Gasteiger partial charge < -0.3 is 123 Å². The van der Waals surface area contributed by atoms with Gasteiger partial charge in [0.1, 0.15) is 0 Å². The van der Waals surface area contributed by atoms with Crippen LogP contribution in [0.3, 0.4) is 0 Å². The molecule has 3 radical (unpaired) electrons. The number of amides is 1. The van der Waals surface area contributed by atoms with E-state index in [-0.39, 0.29) is 175 Å². The van der Waals surface area contributed by atoms with E-state index >= 15 is 0 Å². The van der Waals surface area contributed by atoms with E-state index in [2.05, 4.69) is 217 Å². The number of carbonyl (C=O) groups excluding carboxylic acids is 1. The van der Waals surface area contributed by atoms with Crippen molar-refractivity contribution in [2.45, 2.75) is 200 Å².